The van der Waals surface area contributed by atoms with E-state index >= 15 is 0 Å². The van der Waals surface area contributed by atoms with Gasteiger partial charge in [-0.05, 0) is 31.0 Å². The number of hydrogen-bond donors (Lipinski definition) is 1. The standard InChI is InChI=1S/C22H23N3O3/c1-16(22(27)23-15-14-18-10-6-7-11-20(18)28-2)25-21(26)13-12-19(24-25)17-8-4-3-5-9-17/h3-13,16H,14-15H2,1-2H3,(H,23,27). The van der Waals surface area contributed by atoms with Gasteiger partial charge < -0.3 is 10.1 Å². The second kappa shape index (κ2) is 8.99. The summed E-state index contributed by atoms with van der Waals surface area (Å²) in [5.41, 5.74) is 2.24. The molecular weight excluding hydrogens is 354 g/mol. The van der Waals surface area contributed by atoms with Gasteiger partial charge in [-0.3, -0.25) is 9.59 Å². The monoisotopic (exact) mass is 377 g/mol. The molecule has 0 radical (unpaired) electrons. The molecule has 1 N–H and O–H groups in total. The predicted molar refractivity (Wildman–Crippen MR) is 108 cm³/mol. The molecule has 144 valence electrons. The van der Waals surface area contributed by atoms with E-state index in [9.17, 15) is 9.59 Å². The Morgan fingerprint density at radius 2 is 1.79 bits per heavy atom. The summed E-state index contributed by atoms with van der Waals surface area (Å²) >= 11 is 0. The van der Waals surface area contributed by atoms with Crippen molar-refractivity contribution in [2.45, 2.75) is 19.4 Å². The molecule has 0 aliphatic rings. The van der Waals surface area contributed by atoms with Gasteiger partial charge in [0, 0.05) is 18.2 Å². The molecular formula is C22H23N3O3. The number of nitrogens with one attached hydrogen (secondary N) is 1. The van der Waals surface area contributed by atoms with Crippen LogP contribution < -0.4 is 15.6 Å². The molecule has 0 aliphatic heterocycles. The highest BCUT2D eigenvalue weighted by atomic mass is 16.5. The van der Waals surface area contributed by atoms with E-state index in [-0.39, 0.29) is 11.5 Å². The molecule has 3 rings (SSSR count). The highest BCUT2D eigenvalue weighted by Gasteiger charge is 2.18. The van der Waals surface area contributed by atoms with E-state index in [2.05, 4.69) is 10.4 Å². The van der Waals surface area contributed by atoms with E-state index in [1.54, 1.807) is 20.1 Å². The summed E-state index contributed by atoms with van der Waals surface area (Å²) < 4.78 is 6.55. The first kappa shape index (κ1) is 19.4. The molecule has 0 bridgehead atoms. The summed E-state index contributed by atoms with van der Waals surface area (Å²) in [6, 6.07) is 19.6. The van der Waals surface area contributed by atoms with Gasteiger partial charge in [0.1, 0.15) is 11.8 Å². The number of amides is 1. The van der Waals surface area contributed by atoms with Gasteiger partial charge in [-0.2, -0.15) is 5.10 Å². The lowest BCUT2D eigenvalue weighted by molar-refractivity contribution is -0.124. The number of methoxy groups -OCH3 is 1. The van der Waals surface area contributed by atoms with E-state index in [4.69, 9.17) is 4.74 Å². The molecule has 0 saturated carbocycles. The Labute approximate surface area is 163 Å². The van der Waals surface area contributed by atoms with Crippen molar-refractivity contribution in [2.24, 2.45) is 0 Å². The number of aromatic nitrogens is 2. The number of ether oxygens (including phenoxy) is 1. The SMILES string of the molecule is COc1ccccc1CCNC(=O)C(C)n1nc(-c2ccccc2)ccc1=O. The molecule has 28 heavy (non-hydrogen) atoms. The Kier molecular flexibility index (Phi) is 6.22. The Bertz CT molecular complexity index is 999. The first-order valence-electron chi connectivity index (χ1n) is 9.15. The van der Waals surface area contributed by atoms with E-state index in [1.165, 1.54) is 10.7 Å². The number of hydrogen-bond acceptors (Lipinski definition) is 4. The summed E-state index contributed by atoms with van der Waals surface area (Å²) in [6.45, 7) is 2.11. The number of carbonyl (C=O) groups is 1. The smallest absolute Gasteiger partial charge is 0.267 e. The van der Waals surface area contributed by atoms with Crippen LogP contribution in [0.2, 0.25) is 0 Å². The highest BCUT2D eigenvalue weighted by Crippen LogP contribution is 2.17. The normalized spacial score (nSPS) is 11.6. The third kappa shape index (κ3) is 4.46. The third-order valence-corrected chi connectivity index (χ3v) is 4.53. The molecule has 1 heterocycles. The van der Waals surface area contributed by atoms with Crippen LogP contribution in [0.5, 0.6) is 5.75 Å². The molecule has 0 spiro atoms. The number of rotatable bonds is 7. The fourth-order valence-electron chi connectivity index (χ4n) is 2.95. The average molecular weight is 377 g/mol. The first-order valence-corrected chi connectivity index (χ1v) is 9.15. The van der Waals surface area contributed by atoms with Gasteiger partial charge in [-0.25, -0.2) is 4.68 Å². The van der Waals surface area contributed by atoms with Crippen LogP contribution in [0.25, 0.3) is 11.3 Å². The largest absolute Gasteiger partial charge is 0.496 e. The van der Waals surface area contributed by atoms with Crippen molar-refractivity contribution < 1.29 is 9.53 Å². The van der Waals surface area contributed by atoms with E-state index < -0.39 is 6.04 Å². The maximum absolute atomic E-state index is 12.5. The first-order chi connectivity index (χ1) is 13.6. The van der Waals surface area contributed by atoms with Crippen molar-refractivity contribution >= 4 is 5.91 Å². The molecule has 6 nitrogen and oxygen atoms in total. The van der Waals surface area contributed by atoms with Crippen molar-refractivity contribution in [3.63, 3.8) is 0 Å². The molecule has 1 amide bonds. The van der Waals surface area contributed by atoms with Crippen molar-refractivity contribution in [3.8, 4) is 17.0 Å². The van der Waals surface area contributed by atoms with Crippen LogP contribution >= 0.6 is 0 Å². The number of para-hydroxylation sites is 1. The maximum Gasteiger partial charge on any atom is 0.267 e. The van der Waals surface area contributed by atoms with Crippen LogP contribution in [0.4, 0.5) is 0 Å². The second-order valence-electron chi connectivity index (χ2n) is 6.40. The molecule has 1 unspecified atom stereocenters. The highest BCUT2D eigenvalue weighted by molar-refractivity contribution is 5.79. The van der Waals surface area contributed by atoms with Crippen molar-refractivity contribution in [1.82, 2.24) is 15.1 Å². The summed E-state index contributed by atoms with van der Waals surface area (Å²) in [7, 11) is 1.62. The predicted octanol–water partition coefficient (Wildman–Crippen LogP) is 2.84. The zero-order valence-corrected chi connectivity index (χ0v) is 16.0. The fourth-order valence-corrected chi connectivity index (χ4v) is 2.95. The van der Waals surface area contributed by atoms with E-state index in [1.807, 2.05) is 54.6 Å². The Morgan fingerprint density at radius 1 is 1.07 bits per heavy atom. The number of benzene rings is 2. The zero-order valence-electron chi connectivity index (χ0n) is 16.0. The van der Waals surface area contributed by atoms with Crippen LogP contribution in [0, 0.1) is 0 Å². The van der Waals surface area contributed by atoms with Gasteiger partial charge >= 0.3 is 0 Å². The van der Waals surface area contributed by atoms with Crippen LogP contribution in [0.15, 0.2) is 71.5 Å². The molecule has 1 aromatic heterocycles. The van der Waals surface area contributed by atoms with Crippen LogP contribution in [0.3, 0.4) is 0 Å². The third-order valence-electron chi connectivity index (χ3n) is 4.53. The van der Waals surface area contributed by atoms with Gasteiger partial charge in [0.15, 0.2) is 0 Å². The van der Waals surface area contributed by atoms with Crippen molar-refractivity contribution in [1.29, 1.82) is 0 Å². The number of carbonyl (C=O) groups excluding carboxylic acids is 1. The summed E-state index contributed by atoms with van der Waals surface area (Å²) in [4.78, 5) is 24.8. The molecule has 0 saturated heterocycles. The van der Waals surface area contributed by atoms with Crippen LogP contribution in [-0.2, 0) is 11.2 Å². The van der Waals surface area contributed by atoms with Crippen LogP contribution in [0.1, 0.15) is 18.5 Å². The maximum atomic E-state index is 12.5. The minimum Gasteiger partial charge on any atom is -0.496 e. The Morgan fingerprint density at radius 3 is 2.54 bits per heavy atom. The lowest BCUT2D eigenvalue weighted by Gasteiger charge is -2.15. The van der Waals surface area contributed by atoms with Crippen LogP contribution in [-0.4, -0.2) is 29.3 Å². The lowest BCUT2D eigenvalue weighted by atomic mass is 10.1. The number of nitrogens with zero attached hydrogens (tertiary/aromatic N) is 2. The molecule has 1 atom stereocenters. The van der Waals surface area contributed by atoms with Gasteiger partial charge in [-0.1, -0.05) is 48.5 Å². The Balaban J connectivity index is 1.68. The molecule has 0 fully saturated rings. The molecule has 6 heteroatoms. The zero-order chi connectivity index (χ0) is 19.9. The minimum atomic E-state index is -0.714. The van der Waals surface area contributed by atoms with E-state index in [0.29, 0.717) is 18.7 Å². The molecule has 0 aliphatic carbocycles. The summed E-state index contributed by atoms with van der Waals surface area (Å²) in [6.07, 6.45) is 0.634. The van der Waals surface area contributed by atoms with Crippen molar-refractivity contribution in [2.75, 3.05) is 13.7 Å². The molecule has 2 aromatic carbocycles. The summed E-state index contributed by atoms with van der Waals surface area (Å²) in [5.74, 6) is 0.535. The van der Waals surface area contributed by atoms with E-state index in [0.717, 1.165) is 16.9 Å². The molecule has 3 aromatic rings. The average Bonchev–Trinajstić information content (AvgIpc) is 2.74. The van der Waals surface area contributed by atoms with Gasteiger partial charge in [0.25, 0.3) is 5.56 Å². The van der Waals surface area contributed by atoms with Gasteiger partial charge in [-0.15, -0.1) is 0 Å². The lowest BCUT2D eigenvalue weighted by Crippen LogP contribution is -2.37. The summed E-state index contributed by atoms with van der Waals surface area (Å²) in [5, 5.41) is 7.25. The van der Waals surface area contributed by atoms with Gasteiger partial charge in [0.2, 0.25) is 5.91 Å². The Hall–Kier alpha value is -3.41. The van der Waals surface area contributed by atoms with Gasteiger partial charge in [0.05, 0.1) is 12.8 Å². The topological polar surface area (TPSA) is 73.2 Å². The van der Waals surface area contributed by atoms with Crippen molar-refractivity contribution in [3.05, 3.63) is 82.6 Å². The quantitative estimate of drug-likeness (QED) is 0.687. The fraction of sp³-hybridized carbons (Fsp3) is 0.227. The minimum absolute atomic E-state index is 0.255. The second-order valence-corrected chi connectivity index (χ2v) is 6.40.